The van der Waals surface area contributed by atoms with Crippen LogP contribution in [-0.2, 0) is 16.6 Å². The lowest BCUT2D eigenvalue weighted by Gasteiger charge is -2.18. The largest absolute Gasteiger partial charge is 0.302 e. The molecule has 4 heteroatoms. The molecule has 1 amide bonds. The molecule has 0 aliphatic carbocycles. The van der Waals surface area contributed by atoms with E-state index in [1.165, 1.54) is 16.9 Å². The fourth-order valence-electron chi connectivity index (χ4n) is 2.39. The average Bonchev–Trinajstić information content (AvgIpc) is 2.88. The van der Waals surface area contributed by atoms with Gasteiger partial charge in [0, 0.05) is 0 Å². The Morgan fingerprint density at radius 1 is 1.13 bits per heavy atom. The van der Waals surface area contributed by atoms with E-state index in [1.54, 1.807) is 0 Å². The van der Waals surface area contributed by atoms with Crippen molar-refractivity contribution in [2.75, 3.05) is 5.32 Å². The molecule has 0 aliphatic rings. The van der Waals surface area contributed by atoms with Gasteiger partial charge in [-0.3, -0.25) is 4.79 Å². The van der Waals surface area contributed by atoms with Crippen LogP contribution < -0.4 is 5.32 Å². The van der Waals surface area contributed by atoms with Gasteiger partial charge in [0.2, 0.25) is 5.91 Å². The van der Waals surface area contributed by atoms with Gasteiger partial charge >= 0.3 is 0 Å². The molecule has 23 heavy (non-hydrogen) atoms. The first-order valence-corrected chi connectivity index (χ1v) is 8.48. The number of nitrogens with zero attached hydrogens (tertiary/aromatic N) is 1. The number of fused-ring (bicyclic) bond motifs is 1. The maximum absolute atomic E-state index is 12.1. The minimum atomic E-state index is -0.0358. The highest BCUT2D eigenvalue weighted by molar-refractivity contribution is 7.22. The lowest BCUT2D eigenvalue weighted by Crippen LogP contribution is -2.13. The van der Waals surface area contributed by atoms with E-state index in [-0.39, 0.29) is 11.3 Å². The maximum Gasteiger partial charge on any atom is 0.230 e. The van der Waals surface area contributed by atoms with Crippen molar-refractivity contribution in [3.05, 3.63) is 59.7 Å². The van der Waals surface area contributed by atoms with Crippen molar-refractivity contribution in [2.24, 2.45) is 0 Å². The van der Waals surface area contributed by atoms with Crippen molar-refractivity contribution >= 4 is 32.6 Å². The molecule has 2 aromatic carbocycles. The molecular formula is C19H20N2OS. The Bertz CT molecular complexity index is 831. The van der Waals surface area contributed by atoms with Crippen LogP contribution in [0.4, 0.5) is 5.13 Å². The molecule has 1 N–H and O–H groups in total. The molecule has 0 spiro atoms. The molecule has 0 aliphatic heterocycles. The molecular weight excluding hydrogens is 304 g/mol. The third-order valence-corrected chi connectivity index (χ3v) is 4.64. The Hall–Kier alpha value is -2.20. The highest BCUT2D eigenvalue weighted by Crippen LogP contribution is 2.31. The number of rotatable bonds is 3. The number of anilines is 1. The minimum Gasteiger partial charge on any atom is -0.302 e. The van der Waals surface area contributed by atoms with Gasteiger partial charge in [-0.1, -0.05) is 68.5 Å². The van der Waals surface area contributed by atoms with E-state index >= 15 is 0 Å². The van der Waals surface area contributed by atoms with Gasteiger partial charge in [-0.25, -0.2) is 4.98 Å². The monoisotopic (exact) mass is 324 g/mol. The molecule has 0 radical (unpaired) electrons. The number of hydrogen-bond donors (Lipinski definition) is 1. The number of carbonyl (C=O) groups excluding carboxylic acids is 1. The second kappa shape index (κ2) is 6.13. The normalized spacial score (nSPS) is 11.6. The van der Waals surface area contributed by atoms with Crippen LogP contribution in [0.5, 0.6) is 0 Å². The Morgan fingerprint density at radius 3 is 2.57 bits per heavy atom. The number of thiazole rings is 1. The van der Waals surface area contributed by atoms with E-state index in [0.717, 1.165) is 15.8 Å². The van der Waals surface area contributed by atoms with E-state index in [2.05, 4.69) is 43.2 Å². The zero-order valence-electron chi connectivity index (χ0n) is 13.6. The zero-order valence-corrected chi connectivity index (χ0v) is 14.4. The molecule has 0 saturated heterocycles. The molecule has 1 heterocycles. The van der Waals surface area contributed by atoms with Crippen molar-refractivity contribution in [1.29, 1.82) is 0 Å². The van der Waals surface area contributed by atoms with Crippen molar-refractivity contribution in [3.8, 4) is 0 Å². The lowest BCUT2D eigenvalue weighted by molar-refractivity contribution is -0.115. The summed E-state index contributed by atoms with van der Waals surface area (Å²) in [7, 11) is 0. The van der Waals surface area contributed by atoms with E-state index in [4.69, 9.17) is 0 Å². The first-order valence-electron chi connectivity index (χ1n) is 7.67. The van der Waals surface area contributed by atoms with Crippen LogP contribution in [-0.4, -0.2) is 10.9 Å². The number of benzene rings is 2. The second-order valence-corrected chi connectivity index (χ2v) is 7.69. The summed E-state index contributed by atoms with van der Waals surface area (Å²) in [4.78, 5) is 16.6. The fourth-order valence-corrected chi connectivity index (χ4v) is 3.31. The minimum absolute atomic E-state index is 0.0358. The van der Waals surface area contributed by atoms with Crippen LogP contribution in [0, 0.1) is 0 Å². The summed E-state index contributed by atoms with van der Waals surface area (Å²) in [5.74, 6) is -0.0358. The molecule has 0 fully saturated rings. The number of amides is 1. The SMILES string of the molecule is CC(C)(C)c1ccc2nc(NC(=O)Cc3ccccc3)sc2c1. The van der Waals surface area contributed by atoms with Gasteiger partial charge < -0.3 is 5.32 Å². The van der Waals surface area contributed by atoms with Crippen molar-refractivity contribution < 1.29 is 4.79 Å². The van der Waals surface area contributed by atoms with Gasteiger partial charge in [0.05, 0.1) is 16.6 Å². The van der Waals surface area contributed by atoms with Gasteiger partial charge in [-0.2, -0.15) is 0 Å². The lowest BCUT2D eigenvalue weighted by atomic mass is 9.87. The summed E-state index contributed by atoms with van der Waals surface area (Å²) < 4.78 is 1.10. The Balaban J connectivity index is 1.77. The molecule has 0 unspecified atom stereocenters. The second-order valence-electron chi connectivity index (χ2n) is 6.66. The van der Waals surface area contributed by atoms with E-state index in [1.807, 2.05) is 36.4 Å². The van der Waals surface area contributed by atoms with Crippen LogP contribution in [0.15, 0.2) is 48.5 Å². The molecule has 1 aromatic heterocycles. The van der Waals surface area contributed by atoms with Crippen molar-refractivity contribution in [1.82, 2.24) is 4.98 Å². The van der Waals surface area contributed by atoms with Crippen LogP contribution in [0.3, 0.4) is 0 Å². The van der Waals surface area contributed by atoms with Gasteiger partial charge in [-0.05, 0) is 28.7 Å². The molecule has 0 saturated carbocycles. The van der Waals surface area contributed by atoms with Crippen LogP contribution in [0.25, 0.3) is 10.2 Å². The van der Waals surface area contributed by atoms with Gasteiger partial charge in [0.25, 0.3) is 0 Å². The van der Waals surface area contributed by atoms with E-state index in [0.29, 0.717) is 11.6 Å². The Morgan fingerprint density at radius 2 is 1.87 bits per heavy atom. The summed E-state index contributed by atoms with van der Waals surface area (Å²) in [6.45, 7) is 6.58. The summed E-state index contributed by atoms with van der Waals surface area (Å²) in [5.41, 5.74) is 3.31. The third-order valence-electron chi connectivity index (χ3n) is 3.71. The highest BCUT2D eigenvalue weighted by atomic mass is 32.1. The van der Waals surface area contributed by atoms with Crippen LogP contribution in [0.1, 0.15) is 31.9 Å². The van der Waals surface area contributed by atoms with Gasteiger partial charge in [-0.15, -0.1) is 0 Å². The Kier molecular flexibility index (Phi) is 4.18. The number of hydrogen-bond acceptors (Lipinski definition) is 3. The molecule has 0 bridgehead atoms. The molecule has 3 nitrogen and oxygen atoms in total. The van der Waals surface area contributed by atoms with Crippen molar-refractivity contribution in [2.45, 2.75) is 32.6 Å². The van der Waals surface area contributed by atoms with Gasteiger partial charge in [0.1, 0.15) is 0 Å². The van der Waals surface area contributed by atoms with E-state index in [9.17, 15) is 4.79 Å². The number of nitrogens with one attached hydrogen (secondary N) is 1. The predicted octanol–water partition coefficient (Wildman–Crippen LogP) is 4.78. The highest BCUT2D eigenvalue weighted by Gasteiger charge is 2.15. The average molecular weight is 324 g/mol. The smallest absolute Gasteiger partial charge is 0.230 e. The first kappa shape index (κ1) is 15.7. The summed E-state index contributed by atoms with van der Waals surface area (Å²) >= 11 is 1.52. The Labute approximate surface area is 140 Å². The van der Waals surface area contributed by atoms with Crippen LogP contribution >= 0.6 is 11.3 Å². The number of carbonyl (C=O) groups is 1. The topological polar surface area (TPSA) is 42.0 Å². The maximum atomic E-state index is 12.1. The number of aromatic nitrogens is 1. The quantitative estimate of drug-likeness (QED) is 0.753. The first-order chi connectivity index (χ1) is 10.9. The standard InChI is InChI=1S/C19H20N2OS/c1-19(2,3)14-9-10-15-16(12-14)23-18(20-15)21-17(22)11-13-7-5-4-6-8-13/h4-10,12H,11H2,1-3H3,(H,20,21,22). The third kappa shape index (κ3) is 3.77. The zero-order chi connectivity index (χ0) is 16.4. The van der Waals surface area contributed by atoms with Crippen LogP contribution in [0.2, 0.25) is 0 Å². The van der Waals surface area contributed by atoms with Crippen molar-refractivity contribution in [3.63, 3.8) is 0 Å². The predicted molar refractivity (Wildman–Crippen MR) is 97.1 cm³/mol. The summed E-state index contributed by atoms with van der Waals surface area (Å²) in [6, 6.07) is 16.0. The summed E-state index contributed by atoms with van der Waals surface area (Å²) in [5, 5.41) is 3.57. The molecule has 118 valence electrons. The summed E-state index contributed by atoms with van der Waals surface area (Å²) in [6.07, 6.45) is 0.365. The molecule has 3 aromatic rings. The molecule has 0 atom stereocenters. The van der Waals surface area contributed by atoms with Gasteiger partial charge in [0.15, 0.2) is 5.13 Å². The van der Waals surface area contributed by atoms with E-state index < -0.39 is 0 Å². The molecule has 3 rings (SSSR count). The fraction of sp³-hybridized carbons (Fsp3) is 0.263.